The molecule has 1 aliphatic rings. The first-order valence-corrected chi connectivity index (χ1v) is 13.0. The molecule has 0 saturated carbocycles. The predicted octanol–water partition coefficient (Wildman–Crippen LogP) is 3.76. The summed E-state index contributed by atoms with van der Waals surface area (Å²) in [6.45, 7) is 12.0. The number of alkyl carbamates (subject to hydrolysis) is 1. The number of hydrogen-bond donors (Lipinski definition) is 2. The first kappa shape index (κ1) is 24.2. The zero-order valence-corrected chi connectivity index (χ0v) is 20.8. The lowest BCUT2D eigenvalue weighted by Crippen LogP contribution is -2.69. The van der Waals surface area contributed by atoms with Gasteiger partial charge in [-0.05, 0) is 36.2 Å². The van der Waals surface area contributed by atoms with E-state index >= 15 is 0 Å². The maximum atomic E-state index is 12.5. The van der Waals surface area contributed by atoms with E-state index in [1.807, 2.05) is 63.2 Å². The van der Waals surface area contributed by atoms with Gasteiger partial charge in [-0.2, -0.15) is 0 Å². The van der Waals surface area contributed by atoms with Gasteiger partial charge in [0, 0.05) is 0 Å². The minimum absolute atomic E-state index is 0.215. The summed E-state index contributed by atoms with van der Waals surface area (Å²) in [5.74, 6) is 0. The van der Waals surface area contributed by atoms with Crippen molar-refractivity contribution in [2.45, 2.75) is 70.4 Å². The molecule has 0 spiro atoms. The van der Waals surface area contributed by atoms with Crippen LogP contribution in [0.1, 0.15) is 41.5 Å². The van der Waals surface area contributed by atoms with Crippen LogP contribution in [0.15, 0.2) is 72.8 Å². The van der Waals surface area contributed by atoms with Crippen molar-refractivity contribution in [3.8, 4) is 0 Å². The molecule has 0 saturated heterocycles. The number of hydrogen-bond acceptors (Lipinski definition) is 4. The average molecular weight is 454 g/mol. The molecule has 1 amide bonds. The summed E-state index contributed by atoms with van der Waals surface area (Å²) in [5, 5.41) is 15.5. The Balaban J connectivity index is 2.03. The summed E-state index contributed by atoms with van der Waals surface area (Å²) in [6, 6.07) is 20.0. The molecule has 3 rings (SSSR count). The van der Waals surface area contributed by atoms with Crippen LogP contribution in [-0.4, -0.2) is 43.4 Å². The van der Waals surface area contributed by atoms with Gasteiger partial charge in [-0.25, -0.2) is 4.79 Å². The summed E-state index contributed by atoms with van der Waals surface area (Å²) >= 11 is 0. The number of carbonyl (C=O) groups excluding carboxylic acids is 1. The van der Waals surface area contributed by atoms with Gasteiger partial charge in [-0.3, -0.25) is 0 Å². The van der Waals surface area contributed by atoms with Gasteiger partial charge in [-0.1, -0.05) is 93.6 Å². The van der Waals surface area contributed by atoms with Gasteiger partial charge in [0.1, 0.15) is 5.60 Å². The third-order valence-corrected chi connectivity index (χ3v) is 10.7. The Kier molecular flexibility index (Phi) is 6.98. The molecule has 0 fully saturated rings. The second-order valence-electron chi connectivity index (χ2n) is 10.3. The molecular weight excluding hydrogens is 418 g/mol. The lowest BCUT2D eigenvalue weighted by Gasteiger charge is -2.45. The highest BCUT2D eigenvalue weighted by Gasteiger charge is 2.53. The largest absolute Gasteiger partial charge is 0.444 e. The number of ether oxygens (including phenoxy) is 1. The van der Waals surface area contributed by atoms with Crippen LogP contribution in [0.5, 0.6) is 0 Å². The third-order valence-electron chi connectivity index (χ3n) is 5.63. The SMILES string of the molecule is CC(C)(C)OC(=O)N[C@H]1[C@@H](O)C=C[C@H]1O[Si](c1ccccc1)(c1ccccc1)C(C)(C)C. The zero-order valence-electron chi connectivity index (χ0n) is 19.8. The summed E-state index contributed by atoms with van der Waals surface area (Å²) in [4.78, 5) is 12.5. The van der Waals surface area contributed by atoms with Crippen molar-refractivity contribution in [3.05, 3.63) is 72.8 Å². The summed E-state index contributed by atoms with van der Waals surface area (Å²) in [6.07, 6.45) is 1.62. The molecule has 2 aromatic carbocycles. The van der Waals surface area contributed by atoms with E-state index in [9.17, 15) is 9.90 Å². The fourth-order valence-electron chi connectivity index (χ4n) is 4.28. The molecule has 32 heavy (non-hydrogen) atoms. The number of aliphatic hydroxyl groups excluding tert-OH is 1. The highest BCUT2D eigenvalue weighted by atomic mass is 28.4. The first-order valence-electron chi connectivity index (χ1n) is 11.1. The highest BCUT2D eigenvalue weighted by molar-refractivity contribution is 6.99. The maximum Gasteiger partial charge on any atom is 0.408 e. The predicted molar refractivity (Wildman–Crippen MR) is 131 cm³/mol. The molecule has 0 aliphatic heterocycles. The number of benzene rings is 2. The van der Waals surface area contributed by atoms with Gasteiger partial charge >= 0.3 is 6.09 Å². The van der Waals surface area contributed by atoms with E-state index in [0.29, 0.717) is 0 Å². The van der Waals surface area contributed by atoms with E-state index in [1.165, 1.54) is 0 Å². The molecular formula is C26H35NO4Si. The van der Waals surface area contributed by atoms with Crippen LogP contribution in [0, 0.1) is 0 Å². The highest BCUT2D eigenvalue weighted by Crippen LogP contribution is 2.38. The smallest absolute Gasteiger partial charge is 0.408 e. The van der Waals surface area contributed by atoms with Crippen molar-refractivity contribution in [1.82, 2.24) is 5.32 Å². The van der Waals surface area contributed by atoms with Crippen molar-refractivity contribution in [2.24, 2.45) is 0 Å². The number of amides is 1. The summed E-state index contributed by atoms with van der Waals surface area (Å²) in [7, 11) is -2.84. The normalized spacial score (nSPS) is 21.4. The van der Waals surface area contributed by atoms with Crippen LogP contribution in [-0.2, 0) is 9.16 Å². The fraction of sp³-hybridized carbons (Fsp3) is 0.423. The van der Waals surface area contributed by atoms with Gasteiger partial charge < -0.3 is 19.6 Å². The Morgan fingerprint density at radius 2 is 1.38 bits per heavy atom. The van der Waals surface area contributed by atoms with Crippen molar-refractivity contribution >= 4 is 24.8 Å². The molecule has 0 unspecified atom stereocenters. The Labute approximate surface area is 192 Å². The Morgan fingerprint density at radius 3 is 1.81 bits per heavy atom. The number of nitrogens with one attached hydrogen (secondary N) is 1. The van der Waals surface area contributed by atoms with Crippen LogP contribution in [0.25, 0.3) is 0 Å². The lowest BCUT2D eigenvalue weighted by atomic mass is 10.1. The molecule has 0 aromatic heterocycles. The topological polar surface area (TPSA) is 67.8 Å². The molecule has 0 heterocycles. The molecule has 0 radical (unpaired) electrons. The molecule has 5 nitrogen and oxygen atoms in total. The van der Waals surface area contributed by atoms with E-state index in [1.54, 1.807) is 6.08 Å². The lowest BCUT2D eigenvalue weighted by molar-refractivity contribution is 0.0386. The molecule has 0 bridgehead atoms. The molecule has 2 aromatic rings. The number of carbonyl (C=O) groups is 1. The second kappa shape index (κ2) is 9.22. The van der Waals surface area contributed by atoms with Crippen molar-refractivity contribution in [1.29, 1.82) is 0 Å². The van der Waals surface area contributed by atoms with Gasteiger partial charge in [0.2, 0.25) is 0 Å². The third kappa shape index (κ3) is 5.14. The second-order valence-corrected chi connectivity index (χ2v) is 14.5. The van der Waals surface area contributed by atoms with Crippen molar-refractivity contribution < 1.29 is 19.1 Å². The summed E-state index contributed by atoms with van der Waals surface area (Å²) < 4.78 is 12.5. The van der Waals surface area contributed by atoms with Crippen molar-refractivity contribution in [2.75, 3.05) is 0 Å². The minimum Gasteiger partial charge on any atom is -0.444 e. The average Bonchev–Trinajstić information content (AvgIpc) is 3.04. The molecule has 1 aliphatic carbocycles. The van der Waals surface area contributed by atoms with Crippen LogP contribution in [0.4, 0.5) is 4.79 Å². The molecule has 172 valence electrons. The molecule has 2 N–H and O–H groups in total. The molecule has 6 heteroatoms. The van der Waals surface area contributed by atoms with Gasteiger partial charge in [-0.15, -0.1) is 0 Å². The van der Waals surface area contributed by atoms with E-state index < -0.39 is 38.3 Å². The van der Waals surface area contributed by atoms with Crippen molar-refractivity contribution in [3.63, 3.8) is 0 Å². The zero-order chi connectivity index (χ0) is 23.6. The minimum atomic E-state index is -2.84. The van der Waals surface area contributed by atoms with Crippen LogP contribution >= 0.6 is 0 Å². The van der Waals surface area contributed by atoms with E-state index in [-0.39, 0.29) is 5.04 Å². The van der Waals surface area contributed by atoms with Crippen LogP contribution in [0.2, 0.25) is 5.04 Å². The summed E-state index contributed by atoms with van der Waals surface area (Å²) in [5.41, 5.74) is -0.630. The first-order chi connectivity index (χ1) is 14.9. The Morgan fingerprint density at radius 1 is 0.875 bits per heavy atom. The fourth-order valence-corrected chi connectivity index (χ4v) is 8.92. The van der Waals surface area contributed by atoms with E-state index in [2.05, 4.69) is 50.4 Å². The number of rotatable bonds is 5. The van der Waals surface area contributed by atoms with Gasteiger partial charge in [0.15, 0.2) is 0 Å². The Bertz CT molecular complexity index is 892. The van der Waals surface area contributed by atoms with Crippen LogP contribution in [0.3, 0.4) is 0 Å². The van der Waals surface area contributed by atoms with Crippen LogP contribution < -0.4 is 15.7 Å². The van der Waals surface area contributed by atoms with E-state index in [4.69, 9.17) is 9.16 Å². The number of aliphatic hydroxyl groups is 1. The molecule has 3 atom stereocenters. The monoisotopic (exact) mass is 453 g/mol. The van der Waals surface area contributed by atoms with Gasteiger partial charge in [0.05, 0.1) is 18.2 Å². The Hall–Kier alpha value is -2.41. The maximum absolute atomic E-state index is 12.5. The quantitative estimate of drug-likeness (QED) is 0.534. The standard InChI is InChI=1S/C26H35NO4Si/c1-25(2,3)30-24(29)27-23-21(28)17-18-22(23)31-32(26(4,5)6,19-13-9-7-10-14-19)20-15-11-8-12-16-20/h7-18,21-23,28H,1-6H3,(H,27,29)/t21-,22+,23-/m0/s1. The van der Waals surface area contributed by atoms with E-state index in [0.717, 1.165) is 10.4 Å². The van der Waals surface area contributed by atoms with Gasteiger partial charge in [0.25, 0.3) is 8.32 Å².